The third kappa shape index (κ3) is 3.14. The number of nitrogens with zero attached hydrogens (tertiary/aromatic N) is 1. The summed E-state index contributed by atoms with van der Waals surface area (Å²) in [4.78, 5) is 13.0. The lowest BCUT2D eigenvalue weighted by Gasteiger charge is -2.21. The van der Waals surface area contributed by atoms with Gasteiger partial charge in [0.15, 0.2) is 0 Å². The van der Waals surface area contributed by atoms with Gasteiger partial charge in [0.1, 0.15) is 6.04 Å². The smallest absolute Gasteiger partial charge is 0.321 e. The van der Waals surface area contributed by atoms with E-state index in [0.29, 0.717) is 24.0 Å². The average Bonchev–Trinajstić information content (AvgIpc) is 2.92. The molecule has 1 aliphatic heterocycles. The topological polar surface area (TPSA) is 61.8 Å². The molecule has 18 heavy (non-hydrogen) atoms. The van der Waals surface area contributed by atoms with Gasteiger partial charge in [-0.15, -0.1) is 11.3 Å². The molecule has 1 aromatic rings. The summed E-state index contributed by atoms with van der Waals surface area (Å²) in [6, 6.07) is 3.20. The van der Waals surface area contributed by atoms with E-state index in [1.807, 2.05) is 17.0 Å². The first-order valence-electron chi connectivity index (χ1n) is 5.59. The number of carboxylic acid groups (broad SMARTS) is 1. The van der Waals surface area contributed by atoms with Crippen molar-refractivity contribution in [1.29, 1.82) is 0 Å². The van der Waals surface area contributed by atoms with Crippen molar-refractivity contribution in [3.63, 3.8) is 0 Å². The number of methoxy groups -OCH3 is 1. The van der Waals surface area contributed by atoms with E-state index >= 15 is 0 Å². The molecule has 0 saturated carbocycles. The molecule has 7 heteroatoms. The minimum absolute atomic E-state index is 0.0141. The molecule has 2 atom stereocenters. The van der Waals surface area contributed by atoms with Crippen LogP contribution in [-0.2, 0) is 9.53 Å². The molecule has 0 bridgehead atoms. The van der Waals surface area contributed by atoms with Crippen LogP contribution in [0, 0.1) is 0 Å². The summed E-state index contributed by atoms with van der Waals surface area (Å²) in [6.07, 6.45) is 0.512. The van der Waals surface area contributed by atoms with Crippen LogP contribution < -0.4 is 5.32 Å². The van der Waals surface area contributed by atoms with E-state index in [1.54, 1.807) is 7.11 Å². The monoisotopic (exact) mass is 290 g/mol. The van der Waals surface area contributed by atoms with E-state index in [9.17, 15) is 4.79 Å². The molecule has 1 saturated heterocycles. The Morgan fingerprint density at radius 2 is 2.50 bits per heavy atom. The Hall–Kier alpha value is -0.820. The van der Waals surface area contributed by atoms with E-state index in [2.05, 4.69) is 5.32 Å². The van der Waals surface area contributed by atoms with Crippen molar-refractivity contribution in [3.05, 3.63) is 16.5 Å². The first-order chi connectivity index (χ1) is 8.60. The summed E-state index contributed by atoms with van der Waals surface area (Å²) in [7, 11) is 1.61. The third-order valence-electron chi connectivity index (χ3n) is 3.01. The van der Waals surface area contributed by atoms with Crippen molar-refractivity contribution >= 4 is 33.9 Å². The van der Waals surface area contributed by atoms with Crippen LogP contribution in [0.1, 0.15) is 6.42 Å². The zero-order chi connectivity index (χ0) is 13.1. The van der Waals surface area contributed by atoms with Crippen molar-refractivity contribution in [1.82, 2.24) is 4.90 Å². The van der Waals surface area contributed by atoms with Gasteiger partial charge in [0, 0.05) is 20.1 Å². The second kappa shape index (κ2) is 5.88. The lowest BCUT2D eigenvalue weighted by molar-refractivity contribution is -0.142. The van der Waals surface area contributed by atoms with Crippen LogP contribution in [0.4, 0.5) is 5.00 Å². The maximum atomic E-state index is 11.1. The maximum absolute atomic E-state index is 11.1. The van der Waals surface area contributed by atoms with Crippen LogP contribution in [0.3, 0.4) is 0 Å². The van der Waals surface area contributed by atoms with Gasteiger partial charge in [-0.25, -0.2) is 0 Å². The molecule has 0 unspecified atom stereocenters. The summed E-state index contributed by atoms with van der Waals surface area (Å²) in [5.74, 6) is -0.805. The van der Waals surface area contributed by atoms with Gasteiger partial charge >= 0.3 is 5.97 Å². The second-order valence-electron chi connectivity index (χ2n) is 4.16. The Kier molecular flexibility index (Phi) is 4.45. The highest BCUT2D eigenvalue weighted by atomic mass is 35.5. The Morgan fingerprint density at radius 1 is 1.72 bits per heavy atom. The summed E-state index contributed by atoms with van der Waals surface area (Å²) < 4.78 is 5.94. The van der Waals surface area contributed by atoms with Crippen molar-refractivity contribution in [2.75, 3.05) is 25.6 Å². The zero-order valence-corrected chi connectivity index (χ0v) is 11.5. The molecule has 0 radical (unpaired) electrons. The highest BCUT2D eigenvalue weighted by molar-refractivity contribution is 7.19. The van der Waals surface area contributed by atoms with E-state index in [1.165, 1.54) is 11.3 Å². The number of thiophene rings is 1. The summed E-state index contributed by atoms with van der Waals surface area (Å²) in [6.45, 7) is 1.10. The fourth-order valence-corrected chi connectivity index (χ4v) is 2.98. The van der Waals surface area contributed by atoms with Crippen LogP contribution in [0.15, 0.2) is 12.1 Å². The largest absolute Gasteiger partial charge is 0.480 e. The van der Waals surface area contributed by atoms with Crippen LogP contribution in [0.25, 0.3) is 0 Å². The Balaban J connectivity index is 1.92. The maximum Gasteiger partial charge on any atom is 0.321 e. The highest BCUT2D eigenvalue weighted by Gasteiger charge is 2.36. The van der Waals surface area contributed by atoms with Crippen molar-refractivity contribution in [2.45, 2.75) is 18.6 Å². The molecule has 0 aromatic carbocycles. The number of carbonyl (C=O) groups is 1. The number of hydrogen-bond acceptors (Lipinski definition) is 5. The summed E-state index contributed by atoms with van der Waals surface area (Å²) in [5.41, 5.74) is 0. The molecule has 2 heterocycles. The Morgan fingerprint density at radius 3 is 3.06 bits per heavy atom. The highest BCUT2D eigenvalue weighted by Crippen LogP contribution is 2.27. The summed E-state index contributed by atoms with van der Waals surface area (Å²) in [5, 5.41) is 13.3. The number of aliphatic carboxylic acids is 1. The zero-order valence-electron chi connectivity index (χ0n) is 9.93. The molecule has 0 aliphatic carbocycles. The average molecular weight is 291 g/mol. The third-order valence-corrected chi connectivity index (χ3v) is 4.20. The van der Waals surface area contributed by atoms with Crippen molar-refractivity contribution in [2.24, 2.45) is 0 Å². The standard InChI is InChI=1S/C11H15ClN2O3S/c1-17-7-4-8(11(15)16)14(5-7)6-13-10-3-2-9(12)18-10/h2-3,7-8,13H,4-6H2,1H3,(H,15,16)/t7-,8-/m1/s1. The number of rotatable bonds is 5. The first kappa shape index (κ1) is 13.6. The summed E-state index contributed by atoms with van der Waals surface area (Å²) >= 11 is 7.27. The molecular formula is C11H15ClN2O3S. The van der Waals surface area contributed by atoms with Crippen LogP contribution in [-0.4, -0.2) is 48.4 Å². The molecule has 1 aliphatic rings. The minimum Gasteiger partial charge on any atom is -0.480 e. The lowest BCUT2D eigenvalue weighted by Crippen LogP contribution is -2.39. The molecule has 1 fully saturated rings. The van der Waals surface area contributed by atoms with Crippen LogP contribution in [0.5, 0.6) is 0 Å². The molecular weight excluding hydrogens is 276 g/mol. The number of ether oxygens (including phenoxy) is 1. The molecule has 2 rings (SSSR count). The molecule has 100 valence electrons. The second-order valence-corrected chi connectivity index (χ2v) is 5.87. The van der Waals surface area contributed by atoms with Gasteiger partial charge in [-0.1, -0.05) is 11.6 Å². The van der Waals surface area contributed by atoms with Gasteiger partial charge in [-0.2, -0.15) is 0 Å². The molecule has 2 N–H and O–H groups in total. The quantitative estimate of drug-likeness (QED) is 0.868. The van der Waals surface area contributed by atoms with Crippen molar-refractivity contribution in [3.8, 4) is 0 Å². The lowest BCUT2D eigenvalue weighted by atomic mass is 10.2. The minimum atomic E-state index is -0.805. The van der Waals surface area contributed by atoms with Crippen molar-refractivity contribution < 1.29 is 14.6 Å². The number of halogens is 1. The fraction of sp³-hybridized carbons (Fsp3) is 0.545. The number of anilines is 1. The Bertz CT molecular complexity index is 426. The van der Waals surface area contributed by atoms with E-state index in [0.717, 1.165) is 5.00 Å². The molecule has 0 spiro atoms. The molecule has 5 nitrogen and oxygen atoms in total. The van der Waals surface area contributed by atoms with Gasteiger partial charge in [0.2, 0.25) is 0 Å². The Labute approximate surface area is 114 Å². The van der Waals surface area contributed by atoms with E-state index in [4.69, 9.17) is 21.4 Å². The number of carboxylic acids is 1. The van der Waals surface area contributed by atoms with Gasteiger partial charge < -0.3 is 15.2 Å². The SMILES string of the molecule is CO[C@@H]1C[C@H](C(=O)O)N(CNc2ccc(Cl)s2)C1. The van der Waals surface area contributed by atoms with Gasteiger partial charge in [-0.3, -0.25) is 9.69 Å². The predicted molar refractivity (Wildman–Crippen MR) is 71.4 cm³/mol. The van der Waals surface area contributed by atoms with E-state index in [-0.39, 0.29) is 6.10 Å². The number of hydrogen-bond donors (Lipinski definition) is 2. The molecule has 0 amide bonds. The number of nitrogens with one attached hydrogen (secondary N) is 1. The van der Waals surface area contributed by atoms with E-state index < -0.39 is 12.0 Å². The first-order valence-corrected chi connectivity index (χ1v) is 6.78. The fourth-order valence-electron chi connectivity index (χ4n) is 2.05. The van der Waals surface area contributed by atoms with Crippen LogP contribution >= 0.6 is 22.9 Å². The predicted octanol–water partition coefficient (Wildman–Crippen LogP) is 1.94. The number of likely N-dealkylation sites (tertiary alicyclic amines) is 1. The van der Waals surface area contributed by atoms with Gasteiger partial charge in [0.25, 0.3) is 0 Å². The van der Waals surface area contributed by atoms with Gasteiger partial charge in [0.05, 0.1) is 22.1 Å². The van der Waals surface area contributed by atoms with Crippen LogP contribution in [0.2, 0.25) is 4.34 Å². The molecule has 1 aromatic heterocycles. The normalized spacial score (nSPS) is 24.3. The van der Waals surface area contributed by atoms with Gasteiger partial charge in [-0.05, 0) is 12.1 Å².